The molecule has 76 valence electrons. The molecule has 0 fully saturated rings. The highest BCUT2D eigenvalue weighted by Crippen LogP contribution is 2.31. The van der Waals surface area contributed by atoms with Gasteiger partial charge in [0.2, 0.25) is 0 Å². The van der Waals surface area contributed by atoms with E-state index in [0.717, 1.165) is 0 Å². The van der Waals surface area contributed by atoms with Crippen LogP contribution in [0.15, 0.2) is 18.2 Å². The maximum atomic E-state index is 10.5. The fraction of sp³-hybridized carbons (Fsp3) is 0.333. The summed E-state index contributed by atoms with van der Waals surface area (Å²) in [5.74, 6) is 0.356. The summed E-state index contributed by atoms with van der Waals surface area (Å²) in [6, 6.07) is 4.51. The maximum Gasteiger partial charge on any atom is 0.295 e. The molecule has 1 rings (SSSR count). The molecule has 14 heavy (non-hydrogen) atoms. The number of rotatable bonds is 3. The van der Waals surface area contributed by atoms with Gasteiger partial charge in [0.1, 0.15) is 5.75 Å². The zero-order valence-electron chi connectivity index (χ0n) is 8.06. The highest BCUT2D eigenvalue weighted by atomic mass is 16.6. The van der Waals surface area contributed by atoms with Gasteiger partial charge in [0.15, 0.2) is 5.69 Å². The minimum absolute atomic E-state index is 0.0562. The highest BCUT2D eigenvalue weighted by Gasteiger charge is 2.15. The number of hydrogen-bond acceptors (Lipinski definition) is 4. The molecule has 1 aromatic carbocycles. The standard InChI is InChI=1S/C9H12N2O3/c1-6(2)14-8-5-3-4-7(9(8)10)11(12)13/h3-6H,10H2,1-2H3. The van der Waals surface area contributed by atoms with Gasteiger partial charge < -0.3 is 10.5 Å². The van der Waals surface area contributed by atoms with Gasteiger partial charge in [0.25, 0.3) is 5.69 Å². The number of anilines is 1. The molecule has 5 nitrogen and oxygen atoms in total. The van der Waals surface area contributed by atoms with Gasteiger partial charge in [-0.1, -0.05) is 6.07 Å². The van der Waals surface area contributed by atoms with Crippen molar-refractivity contribution in [2.45, 2.75) is 20.0 Å². The molecule has 0 heterocycles. The lowest BCUT2D eigenvalue weighted by Crippen LogP contribution is -2.08. The first-order valence-corrected chi connectivity index (χ1v) is 4.22. The predicted molar refractivity (Wildman–Crippen MR) is 53.3 cm³/mol. The lowest BCUT2D eigenvalue weighted by molar-refractivity contribution is -0.384. The van der Waals surface area contributed by atoms with Crippen molar-refractivity contribution in [3.63, 3.8) is 0 Å². The van der Waals surface area contributed by atoms with E-state index < -0.39 is 4.92 Å². The van der Waals surface area contributed by atoms with Gasteiger partial charge in [0, 0.05) is 6.07 Å². The number of para-hydroxylation sites is 1. The fourth-order valence-corrected chi connectivity index (χ4v) is 1.05. The van der Waals surface area contributed by atoms with Crippen LogP contribution in [0.5, 0.6) is 5.75 Å². The molecule has 0 amide bonds. The van der Waals surface area contributed by atoms with Crippen molar-refractivity contribution in [2.24, 2.45) is 0 Å². The van der Waals surface area contributed by atoms with Crippen LogP contribution in [0.2, 0.25) is 0 Å². The van der Waals surface area contributed by atoms with Gasteiger partial charge in [-0.3, -0.25) is 10.1 Å². The molecule has 1 aromatic rings. The molecule has 0 bridgehead atoms. The monoisotopic (exact) mass is 196 g/mol. The molecular formula is C9H12N2O3. The van der Waals surface area contributed by atoms with Crippen molar-refractivity contribution >= 4 is 11.4 Å². The van der Waals surface area contributed by atoms with Crippen molar-refractivity contribution in [1.82, 2.24) is 0 Å². The second-order valence-electron chi connectivity index (χ2n) is 3.11. The van der Waals surface area contributed by atoms with Crippen molar-refractivity contribution in [3.8, 4) is 5.75 Å². The van der Waals surface area contributed by atoms with Gasteiger partial charge in [-0.25, -0.2) is 0 Å². The van der Waals surface area contributed by atoms with Crippen LogP contribution in [-0.2, 0) is 0 Å². The van der Waals surface area contributed by atoms with Crippen molar-refractivity contribution in [1.29, 1.82) is 0 Å². The molecule has 0 saturated carbocycles. The molecule has 0 radical (unpaired) electrons. The Kier molecular flexibility index (Phi) is 2.91. The van der Waals surface area contributed by atoms with E-state index in [2.05, 4.69) is 0 Å². The molecule has 0 aliphatic heterocycles. The number of hydrogen-bond donors (Lipinski definition) is 1. The SMILES string of the molecule is CC(C)Oc1cccc([N+](=O)[O-])c1N. The number of nitrogen functional groups attached to an aromatic ring is 1. The highest BCUT2D eigenvalue weighted by molar-refractivity contribution is 5.66. The molecule has 0 aliphatic carbocycles. The Hall–Kier alpha value is -1.78. The van der Waals surface area contributed by atoms with Crippen LogP contribution < -0.4 is 10.5 Å². The summed E-state index contributed by atoms with van der Waals surface area (Å²) in [6.45, 7) is 3.66. The second-order valence-corrected chi connectivity index (χ2v) is 3.11. The van der Waals surface area contributed by atoms with Crippen LogP contribution in [0, 0.1) is 10.1 Å². The van der Waals surface area contributed by atoms with Gasteiger partial charge in [-0.15, -0.1) is 0 Å². The van der Waals surface area contributed by atoms with E-state index in [1.54, 1.807) is 12.1 Å². The molecule has 0 spiro atoms. The summed E-state index contributed by atoms with van der Waals surface area (Å²) < 4.78 is 5.31. The largest absolute Gasteiger partial charge is 0.489 e. The summed E-state index contributed by atoms with van der Waals surface area (Å²) in [5, 5.41) is 10.5. The average Bonchev–Trinajstić information content (AvgIpc) is 2.07. The number of nitro groups is 1. The number of nitrogens with zero attached hydrogens (tertiary/aromatic N) is 1. The zero-order valence-corrected chi connectivity index (χ0v) is 8.06. The first kappa shape index (κ1) is 10.3. The smallest absolute Gasteiger partial charge is 0.295 e. The minimum Gasteiger partial charge on any atom is -0.489 e. The van der Waals surface area contributed by atoms with Crippen LogP contribution in [0.3, 0.4) is 0 Å². The molecule has 0 saturated heterocycles. The van der Waals surface area contributed by atoms with E-state index in [9.17, 15) is 10.1 Å². The van der Waals surface area contributed by atoms with Gasteiger partial charge in [0.05, 0.1) is 11.0 Å². The Bertz CT molecular complexity index is 350. The molecule has 0 aromatic heterocycles. The van der Waals surface area contributed by atoms with Crippen molar-refractivity contribution in [3.05, 3.63) is 28.3 Å². The van der Waals surface area contributed by atoms with Crippen LogP contribution in [-0.4, -0.2) is 11.0 Å². The van der Waals surface area contributed by atoms with Crippen molar-refractivity contribution < 1.29 is 9.66 Å². The van der Waals surface area contributed by atoms with Crippen LogP contribution in [0.1, 0.15) is 13.8 Å². The normalized spacial score (nSPS) is 10.2. The molecular weight excluding hydrogens is 184 g/mol. The average molecular weight is 196 g/mol. The third kappa shape index (κ3) is 2.12. The molecule has 2 N–H and O–H groups in total. The Labute approximate surface area is 81.6 Å². The zero-order chi connectivity index (χ0) is 10.7. The third-order valence-corrected chi connectivity index (χ3v) is 1.60. The van der Waals surface area contributed by atoms with E-state index in [1.165, 1.54) is 6.07 Å². The Morgan fingerprint density at radius 1 is 1.50 bits per heavy atom. The first-order valence-electron chi connectivity index (χ1n) is 4.22. The van der Waals surface area contributed by atoms with E-state index in [-0.39, 0.29) is 17.5 Å². The minimum atomic E-state index is -0.525. The summed E-state index contributed by atoms with van der Waals surface area (Å²) in [6.07, 6.45) is -0.0562. The first-order chi connectivity index (χ1) is 6.52. The maximum absolute atomic E-state index is 10.5. The Balaban J connectivity index is 3.07. The molecule has 0 atom stereocenters. The number of nitro benzene ring substituents is 1. The Morgan fingerprint density at radius 2 is 2.14 bits per heavy atom. The summed E-state index contributed by atoms with van der Waals surface area (Å²) in [4.78, 5) is 10.0. The fourth-order valence-electron chi connectivity index (χ4n) is 1.05. The van der Waals surface area contributed by atoms with Crippen LogP contribution in [0.4, 0.5) is 11.4 Å². The Morgan fingerprint density at radius 3 is 2.64 bits per heavy atom. The molecule has 5 heteroatoms. The predicted octanol–water partition coefficient (Wildman–Crippen LogP) is 1.96. The third-order valence-electron chi connectivity index (χ3n) is 1.60. The van der Waals surface area contributed by atoms with E-state index in [1.807, 2.05) is 13.8 Å². The lowest BCUT2D eigenvalue weighted by atomic mass is 10.2. The van der Waals surface area contributed by atoms with Gasteiger partial charge in [-0.2, -0.15) is 0 Å². The quantitative estimate of drug-likeness (QED) is 0.455. The summed E-state index contributed by atoms with van der Waals surface area (Å²) in [5.41, 5.74) is 5.52. The van der Waals surface area contributed by atoms with E-state index in [4.69, 9.17) is 10.5 Å². The number of ether oxygens (including phenoxy) is 1. The van der Waals surface area contributed by atoms with Crippen LogP contribution >= 0.6 is 0 Å². The summed E-state index contributed by atoms with van der Waals surface area (Å²) >= 11 is 0. The lowest BCUT2D eigenvalue weighted by Gasteiger charge is -2.11. The van der Waals surface area contributed by atoms with Crippen LogP contribution in [0.25, 0.3) is 0 Å². The van der Waals surface area contributed by atoms with E-state index >= 15 is 0 Å². The summed E-state index contributed by atoms with van der Waals surface area (Å²) in [7, 11) is 0. The number of nitrogens with two attached hydrogens (primary N) is 1. The topological polar surface area (TPSA) is 78.4 Å². The molecule has 0 aliphatic rings. The van der Waals surface area contributed by atoms with Gasteiger partial charge in [-0.05, 0) is 19.9 Å². The second kappa shape index (κ2) is 3.95. The van der Waals surface area contributed by atoms with Gasteiger partial charge >= 0.3 is 0 Å². The van der Waals surface area contributed by atoms with E-state index in [0.29, 0.717) is 5.75 Å². The number of benzene rings is 1. The van der Waals surface area contributed by atoms with Crippen molar-refractivity contribution in [2.75, 3.05) is 5.73 Å². The molecule has 0 unspecified atom stereocenters.